The van der Waals surface area contributed by atoms with Gasteiger partial charge in [-0.15, -0.1) is 0 Å². The van der Waals surface area contributed by atoms with Crippen molar-refractivity contribution in [3.63, 3.8) is 0 Å². The lowest BCUT2D eigenvalue weighted by atomic mass is 9.92. The summed E-state index contributed by atoms with van der Waals surface area (Å²) >= 11 is 0. The van der Waals surface area contributed by atoms with Crippen LogP contribution >= 0.6 is 0 Å². The fraction of sp³-hybridized carbons (Fsp3) is 0.250. The van der Waals surface area contributed by atoms with Gasteiger partial charge in [-0.05, 0) is 53.9 Å². The molecule has 1 aromatic heterocycles. The number of amides is 1. The molecule has 4 nitrogen and oxygen atoms in total. The van der Waals surface area contributed by atoms with Gasteiger partial charge in [-0.1, -0.05) is 30.3 Å². The number of halogens is 1. The summed E-state index contributed by atoms with van der Waals surface area (Å²) in [6.07, 6.45) is 2.93. The molecule has 3 aromatic rings. The molecule has 0 radical (unpaired) electrons. The highest BCUT2D eigenvalue weighted by Gasteiger charge is 2.25. The zero-order valence-corrected chi connectivity index (χ0v) is 16.7. The van der Waals surface area contributed by atoms with Gasteiger partial charge in [-0.2, -0.15) is 0 Å². The molecule has 0 saturated carbocycles. The van der Waals surface area contributed by atoms with Crippen LogP contribution in [-0.4, -0.2) is 36.5 Å². The van der Waals surface area contributed by atoms with Gasteiger partial charge < -0.3 is 9.64 Å². The number of hydrogen-bond acceptors (Lipinski definition) is 3. The van der Waals surface area contributed by atoms with Crippen molar-refractivity contribution in [1.82, 2.24) is 9.88 Å². The van der Waals surface area contributed by atoms with Gasteiger partial charge in [0, 0.05) is 31.9 Å². The maximum absolute atomic E-state index is 13.4. The Hall–Kier alpha value is -3.21. The number of rotatable bonds is 8. The molecule has 5 heteroatoms. The number of likely N-dealkylation sites (N-methyl/N-ethyl adjacent to an activating group) is 1. The first-order valence-electron chi connectivity index (χ1n) is 9.60. The minimum absolute atomic E-state index is 0.00391. The second-order valence-electron chi connectivity index (χ2n) is 6.99. The van der Waals surface area contributed by atoms with Crippen LogP contribution in [0.5, 0.6) is 5.75 Å². The van der Waals surface area contributed by atoms with Crippen molar-refractivity contribution in [2.24, 2.45) is 0 Å². The van der Waals surface area contributed by atoms with Crippen molar-refractivity contribution >= 4 is 5.91 Å². The van der Waals surface area contributed by atoms with Crippen LogP contribution in [0.1, 0.15) is 22.7 Å². The molecule has 29 heavy (non-hydrogen) atoms. The van der Waals surface area contributed by atoms with Gasteiger partial charge in [0.25, 0.3) is 0 Å². The van der Waals surface area contributed by atoms with Crippen molar-refractivity contribution in [2.45, 2.75) is 18.8 Å². The van der Waals surface area contributed by atoms with E-state index in [1.807, 2.05) is 42.5 Å². The average Bonchev–Trinajstić information content (AvgIpc) is 2.77. The molecule has 0 aliphatic carbocycles. The number of methoxy groups -OCH3 is 1. The summed E-state index contributed by atoms with van der Waals surface area (Å²) in [6, 6.07) is 19.6. The summed E-state index contributed by atoms with van der Waals surface area (Å²) < 4.78 is 18.6. The Labute approximate surface area is 171 Å². The fourth-order valence-corrected chi connectivity index (χ4v) is 3.24. The molecule has 0 aliphatic rings. The first kappa shape index (κ1) is 20.5. The SMILES string of the molecule is COc1ccc(CCN(C)C(=O)C(Cc2ccccn2)c2ccc(F)cc2)cc1. The quantitative estimate of drug-likeness (QED) is 0.575. The molecule has 0 N–H and O–H groups in total. The highest BCUT2D eigenvalue weighted by atomic mass is 19.1. The molecule has 3 rings (SSSR count). The molecule has 1 unspecified atom stereocenters. The Bertz CT molecular complexity index is 912. The Kier molecular flexibility index (Phi) is 6.95. The summed E-state index contributed by atoms with van der Waals surface area (Å²) in [5.74, 6) is 0.0812. The van der Waals surface area contributed by atoms with Crippen molar-refractivity contribution in [3.05, 3.63) is 95.6 Å². The highest BCUT2D eigenvalue weighted by molar-refractivity contribution is 5.83. The van der Waals surface area contributed by atoms with Crippen LogP contribution in [0.2, 0.25) is 0 Å². The molecular formula is C24H25FN2O2. The van der Waals surface area contributed by atoms with Crippen molar-refractivity contribution in [2.75, 3.05) is 20.7 Å². The monoisotopic (exact) mass is 392 g/mol. The van der Waals surface area contributed by atoms with Crippen molar-refractivity contribution in [1.29, 1.82) is 0 Å². The Morgan fingerprint density at radius 1 is 1.07 bits per heavy atom. The lowest BCUT2D eigenvalue weighted by Crippen LogP contribution is -2.34. The van der Waals surface area contributed by atoms with Gasteiger partial charge in [0.1, 0.15) is 11.6 Å². The topological polar surface area (TPSA) is 42.4 Å². The minimum Gasteiger partial charge on any atom is -0.497 e. The second kappa shape index (κ2) is 9.82. The predicted molar refractivity (Wildman–Crippen MR) is 111 cm³/mol. The van der Waals surface area contributed by atoms with E-state index in [0.29, 0.717) is 13.0 Å². The van der Waals surface area contributed by atoms with E-state index in [9.17, 15) is 9.18 Å². The zero-order valence-electron chi connectivity index (χ0n) is 16.7. The van der Waals surface area contributed by atoms with E-state index >= 15 is 0 Å². The number of carbonyl (C=O) groups is 1. The number of pyridine rings is 1. The van der Waals surface area contributed by atoms with E-state index in [0.717, 1.165) is 29.0 Å². The van der Waals surface area contributed by atoms with Crippen LogP contribution in [0.25, 0.3) is 0 Å². The summed E-state index contributed by atoms with van der Waals surface area (Å²) in [7, 11) is 3.44. The van der Waals surface area contributed by atoms with E-state index in [1.54, 1.807) is 37.4 Å². The molecule has 0 saturated heterocycles. The van der Waals surface area contributed by atoms with Gasteiger partial charge >= 0.3 is 0 Å². The summed E-state index contributed by atoms with van der Waals surface area (Å²) in [5, 5.41) is 0. The molecule has 0 aliphatic heterocycles. The maximum Gasteiger partial charge on any atom is 0.230 e. The van der Waals surface area contributed by atoms with Crippen molar-refractivity contribution < 1.29 is 13.9 Å². The van der Waals surface area contributed by atoms with E-state index < -0.39 is 5.92 Å². The normalized spacial score (nSPS) is 11.7. The number of benzene rings is 2. The Morgan fingerprint density at radius 2 is 1.79 bits per heavy atom. The largest absolute Gasteiger partial charge is 0.497 e. The molecule has 1 heterocycles. The third-order valence-electron chi connectivity index (χ3n) is 4.98. The molecule has 0 fully saturated rings. The molecule has 1 amide bonds. The number of nitrogens with zero attached hydrogens (tertiary/aromatic N) is 2. The lowest BCUT2D eigenvalue weighted by molar-refractivity contribution is -0.131. The molecule has 2 aromatic carbocycles. The van der Waals surface area contributed by atoms with E-state index in [4.69, 9.17) is 4.74 Å². The Morgan fingerprint density at radius 3 is 2.41 bits per heavy atom. The van der Waals surface area contributed by atoms with Gasteiger partial charge in [-0.3, -0.25) is 9.78 Å². The molecule has 0 bridgehead atoms. The summed E-state index contributed by atoms with van der Waals surface area (Å²) in [5.41, 5.74) is 2.76. The standard InChI is InChI=1S/C24H25FN2O2/c1-27(16-14-18-6-12-22(29-2)13-7-18)24(28)23(17-21-5-3-4-15-26-21)19-8-10-20(25)11-9-19/h3-13,15,23H,14,16-17H2,1-2H3. The predicted octanol–water partition coefficient (Wildman–Crippen LogP) is 4.26. The van der Waals surface area contributed by atoms with Crippen LogP contribution in [0.3, 0.4) is 0 Å². The summed E-state index contributed by atoms with van der Waals surface area (Å²) in [6.45, 7) is 0.588. The van der Waals surface area contributed by atoms with Gasteiger partial charge in [-0.25, -0.2) is 4.39 Å². The van der Waals surface area contributed by atoms with E-state index in [-0.39, 0.29) is 11.7 Å². The third kappa shape index (κ3) is 5.64. The smallest absolute Gasteiger partial charge is 0.230 e. The number of hydrogen-bond donors (Lipinski definition) is 0. The zero-order chi connectivity index (χ0) is 20.6. The highest BCUT2D eigenvalue weighted by Crippen LogP contribution is 2.23. The third-order valence-corrected chi connectivity index (χ3v) is 4.98. The van der Waals surface area contributed by atoms with Crippen LogP contribution in [0.15, 0.2) is 72.9 Å². The lowest BCUT2D eigenvalue weighted by Gasteiger charge is -2.24. The van der Waals surface area contributed by atoms with E-state index in [2.05, 4.69) is 4.98 Å². The van der Waals surface area contributed by atoms with Crippen LogP contribution in [-0.2, 0) is 17.6 Å². The average molecular weight is 392 g/mol. The number of ether oxygens (including phenoxy) is 1. The number of carbonyl (C=O) groups excluding carboxylic acids is 1. The van der Waals surface area contributed by atoms with Gasteiger partial charge in [0.15, 0.2) is 0 Å². The van der Waals surface area contributed by atoms with Gasteiger partial charge in [0.05, 0.1) is 13.0 Å². The molecule has 1 atom stereocenters. The van der Waals surface area contributed by atoms with Gasteiger partial charge in [0.2, 0.25) is 5.91 Å². The van der Waals surface area contributed by atoms with E-state index in [1.165, 1.54) is 12.1 Å². The van der Waals surface area contributed by atoms with Crippen LogP contribution < -0.4 is 4.74 Å². The van der Waals surface area contributed by atoms with Crippen LogP contribution in [0.4, 0.5) is 4.39 Å². The fourth-order valence-electron chi connectivity index (χ4n) is 3.24. The molecule has 150 valence electrons. The Balaban J connectivity index is 1.72. The van der Waals surface area contributed by atoms with Crippen LogP contribution in [0, 0.1) is 5.82 Å². The second-order valence-corrected chi connectivity index (χ2v) is 6.99. The minimum atomic E-state index is -0.411. The molecular weight excluding hydrogens is 367 g/mol. The maximum atomic E-state index is 13.4. The first-order chi connectivity index (χ1) is 14.1. The summed E-state index contributed by atoms with van der Waals surface area (Å²) in [4.78, 5) is 19.3. The first-order valence-corrected chi connectivity index (χ1v) is 9.60. The molecule has 0 spiro atoms. The number of aromatic nitrogens is 1. The van der Waals surface area contributed by atoms with Crippen molar-refractivity contribution in [3.8, 4) is 5.75 Å².